The largest absolute Gasteiger partial charge is 0.496 e. The molecule has 0 saturated carbocycles. The minimum absolute atomic E-state index is 0.180. The predicted molar refractivity (Wildman–Crippen MR) is 121 cm³/mol. The topological polar surface area (TPSA) is 55.8 Å². The SMILES string of the molecule is COc1cc2c(Oc3ccc(C(C)c4ccccc4)cc3)c(C(=O)O)sc2cc1C. The summed E-state index contributed by atoms with van der Waals surface area (Å²) in [7, 11) is 1.60. The number of rotatable bonds is 6. The highest BCUT2D eigenvalue weighted by molar-refractivity contribution is 7.21. The van der Waals surface area contributed by atoms with Crippen LogP contribution in [0, 0.1) is 6.92 Å². The molecule has 30 heavy (non-hydrogen) atoms. The lowest BCUT2D eigenvalue weighted by molar-refractivity contribution is 0.0700. The molecule has 1 heterocycles. The van der Waals surface area contributed by atoms with Gasteiger partial charge in [-0.25, -0.2) is 4.79 Å². The quantitative estimate of drug-likeness (QED) is 0.372. The maximum absolute atomic E-state index is 11.8. The first-order valence-electron chi connectivity index (χ1n) is 9.65. The minimum Gasteiger partial charge on any atom is -0.496 e. The van der Waals surface area contributed by atoms with E-state index in [9.17, 15) is 9.90 Å². The van der Waals surface area contributed by atoms with E-state index in [1.54, 1.807) is 7.11 Å². The van der Waals surface area contributed by atoms with E-state index in [0.29, 0.717) is 17.2 Å². The van der Waals surface area contributed by atoms with Crippen LogP contribution in [0.3, 0.4) is 0 Å². The lowest BCUT2D eigenvalue weighted by Gasteiger charge is -2.13. The number of aromatic carboxylic acids is 1. The monoisotopic (exact) mass is 418 g/mol. The lowest BCUT2D eigenvalue weighted by atomic mass is 9.93. The van der Waals surface area contributed by atoms with Gasteiger partial charge in [0.25, 0.3) is 0 Å². The van der Waals surface area contributed by atoms with E-state index in [1.807, 2.05) is 61.5 Å². The maximum atomic E-state index is 11.8. The Morgan fingerprint density at radius 1 is 1.00 bits per heavy atom. The molecule has 152 valence electrons. The first-order chi connectivity index (χ1) is 14.5. The average molecular weight is 419 g/mol. The Labute approximate surface area is 179 Å². The van der Waals surface area contributed by atoms with E-state index in [4.69, 9.17) is 9.47 Å². The molecule has 0 amide bonds. The van der Waals surface area contributed by atoms with Crippen molar-refractivity contribution in [3.63, 3.8) is 0 Å². The molecule has 4 aromatic rings. The number of hydrogen-bond donors (Lipinski definition) is 1. The third-order valence-electron chi connectivity index (χ3n) is 5.25. The summed E-state index contributed by atoms with van der Waals surface area (Å²) in [6, 6.07) is 21.9. The molecule has 0 aliphatic rings. The third kappa shape index (κ3) is 3.76. The van der Waals surface area contributed by atoms with Gasteiger partial charge in [-0.2, -0.15) is 0 Å². The van der Waals surface area contributed by atoms with E-state index in [2.05, 4.69) is 19.1 Å². The van der Waals surface area contributed by atoms with E-state index < -0.39 is 5.97 Å². The van der Waals surface area contributed by atoms with E-state index in [1.165, 1.54) is 22.5 Å². The average Bonchev–Trinajstić information content (AvgIpc) is 3.11. The highest BCUT2D eigenvalue weighted by Crippen LogP contribution is 2.43. The van der Waals surface area contributed by atoms with Crippen molar-refractivity contribution in [1.29, 1.82) is 0 Å². The molecule has 4 rings (SSSR count). The van der Waals surface area contributed by atoms with Crippen LogP contribution in [0.25, 0.3) is 10.1 Å². The van der Waals surface area contributed by atoms with Crippen molar-refractivity contribution in [3.8, 4) is 17.2 Å². The van der Waals surface area contributed by atoms with Crippen LogP contribution in [0.4, 0.5) is 0 Å². The van der Waals surface area contributed by atoms with E-state index in [-0.39, 0.29) is 10.8 Å². The van der Waals surface area contributed by atoms with Crippen LogP contribution in [-0.2, 0) is 0 Å². The molecule has 0 spiro atoms. The number of methoxy groups -OCH3 is 1. The number of fused-ring (bicyclic) bond motifs is 1. The molecule has 1 aromatic heterocycles. The van der Waals surface area contributed by atoms with Gasteiger partial charge in [-0.15, -0.1) is 11.3 Å². The van der Waals surface area contributed by atoms with Gasteiger partial charge in [0.15, 0.2) is 10.6 Å². The molecule has 0 bridgehead atoms. The van der Waals surface area contributed by atoms with Gasteiger partial charge < -0.3 is 14.6 Å². The number of carboxylic acids is 1. The summed E-state index contributed by atoms with van der Waals surface area (Å²) in [4.78, 5) is 12.0. The molecule has 1 unspecified atom stereocenters. The molecular formula is C25H22O4S. The van der Waals surface area contributed by atoms with Gasteiger partial charge in [-0.1, -0.05) is 49.4 Å². The van der Waals surface area contributed by atoms with Crippen molar-refractivity contribution in [1.82, 2.24) is 0 Å². The van der Waals surface area contributed by atoms with Crippen molar-refractivity contribution >= 4 is 27.4 Å². The van der Waals surface area contributed by atoms with Crippen molar-refractivity contribution in [3.05, 3.63) is 88.3 Å². The zero-order chi connectivity index (χ0) is 21.3. The fraction of sp³-hybridized carbons (Fsp3) is 0.160. The van der Waals surface area contributed by atoms with Crippen LogP contribution in [0.5, 0.6) is 17.2 Å². The summed E-state index contributed by atoms with van der Waals surface area (Å²) < 4.78 is 12.3. The smallest absolute Gasteiger partial charge is 0.349 e. The molecule has 1 N–H and O–H groups in total. The Kier molecular flexibility index (Phi) is 5.46. The summed E-state index contributed by atoms with van der Waals surface area (Å²) in [6.45, 7) is 4.10. The standard InChI is InChI=1S/C25H22O4S/c1-15-13-22-20(14-21(15)28-3)23(24(30-22)25(26)27)29-19-11-9-18(10-12-19)16(2)17-7-5-4-6-8-17/h4-14,16H,1-3H3,(H,26,27). The number of thiophene rings is 1. The molecule has 0 aliphatic heterocycles. The van der Waals surface area contributed by atoms with Gasteiger partial charge in [-0.3, -0.25) is 0 Å². The number of benzene rings is 3. The molecule has 0 radical (unpaired) electrons. The number of hydrogen-bond acceptors (Lipinski definition) is 4. The van der Waals surface area contributed by atoms with E-state index >= 15 is 0 Å². The summed E-state index contributed by atoms with van der Waals surface area (Å²) >= 11 is 1.21. The molecule has 1 atom stereocenters. The van der Waals surface area contributed by atoms with Crippen molar-refractivity contribution < 1.29 is 19.4 Å². The number of ether oxygens (including phenoxy) is 2. The molecule has 3 aromatic carbocycles. The summed E-state index contributed by atoms with van der Waals surface area (Å²) in [6.07, 6.45) is 0. The minimum atomic E-state index is -1.00. The van der Waals surface area contributed by atoms with Gasteiger partial charge in [0.2, 0.25) is 0 Å². The number of aryl methyl sites for hydroxylation is 1. The van der Waals surface area contributed by atoms with Crippen LogP contribution in [-0.4, -0.2) is 18.2 Å². The third-order valence-corrected chi connectivity index (χ3v) is 6.38. The Bertz CT molecular complexity index is 1190. The Morgan fingerprint density at radius 2 is 1.67 bits per heavy atom. The summed E-state index contributed by atoms with van der Waals surface area (Å²) in [5.41, 5.74) is 3.36. The molecule has 0 saturated heterocycles. The zero-order valence-corrected chi connectivity index (χ0v) is 17.8. The Hall–Kier alpha value is -3.31. The number of carbonyl (C=O) groups is 1. The zero-order valence-electron chi connectivity index (χ0n) is 17.0. The van der Waals surface area contributed by atoms with Crippen molar-refractivity contribution in [2.45, 2.75) is 19.8 Å². The Morgan fingerprint density at radius 3 is 2.30 bits per heavy atom. The van der Waals surface area contributed by atoms with Crippen LogP contribution in [0.15, 0.2) is 66.7 Å². The number of carboxylic acid groups (broad SMARTS) is 1. The van der Waals surface area contributed by atoms with Crippen LogP contribution in [0.2, 0.25) is 0 Å². The molecule has 5 heteroatoms. The van der Waals surface area contributed by atoms with Crippen molar-refractivity contribution in [2.75, 3.05) is 7.11 Å². The van der Waals surface area contributed by atoms with Gasteiger partial charge in [-0.05, 0) is 47.9 Å². The summed E-state index contributed by atoms with van der Waals surface area (Å²) in [5, 5.41) is 10.4. The molecule has 0 aliphatic carbocycles. The van der Waals surface area contributed by atoms with Gasteiger partial charge in [0.1, 0.15) is 11.5 Å². The second kappa shape index (κ2) is 8.20. The first kappa shape index (κ1) is 20.0. The van der Waals surface area contributed by atoms with Crippen LogP contribution in [0.1, 0.15) is 39.2 Å². The lowest BCUT2D eigenvalue weighted by Crippen LogP contribution is -1.97. The Balaban J connectivity index is 1.68. The van der Waals surface area contributed by atoms with Gasteiger partial charge >= 0.3 is 5.97 Å². The van der Waals surface area contributed by atoms with E-state index in [0.717, 1.165) is 15.6 Å². The fourth-order valence-electron chi connectivity index (χ4n) is 3.54. The van der Waals surface area contributed by atoms with Crippen molar-refractivity contribution in [2.24, 2.45) is 0 Å². The van der Waals surface area contributed by atoms with Crippen LogP contribution < -0.4 is 9.47 Å². The predicted octanol–water partition coefficient (Wildman–Crippen LogP) is 6.86. The normalized spacial score (nSPS) is 12.0. The van der Waals surface area contributed by atoms with Gasteiger partial charge in [0.05, 0.1) is 7.11 Å². The maximum Gasteiger partial charge on any atom is 0.349 e. The molecule has 4 nitrogen and oxygen atoms in total. The molecule has 0 fully saturated rings. The highest BCUT2D eigenvalue weighted by atomic mass is 32.1. The summed E-state index contributed by atoms with van der Waals surface area (Å²) in [5.74, 6) is 0.903. The highest BCUT2D eigenvalue weighted by Gasteiger charge is 2.21. The van der Waals surface area contributed by atoms with Gasteiger partial charge in [0, 0.05) is 16.0 Å². The second-order valence-corrected chi connectivity index (χ2v) is 8.24. The van der Waals surface area contributed by atoms with Crippen LogP contribution >= 0.6 is 11.3 Å². The second-order valence-electron chi connectivity index (χ2n) is 7.19. The fourth-order valence-corrected chi connectivity index (χ4v) is 4.59. The molecular weight excluding hydrogens is 396 g/mol. The first-order valence-corrected chi connectivity index (χ1v) is 10.5.